The summed E-state index contributed by atoms with van der Waals surface area (Å²) in [4.78, 5) is 2.35. The normalized spacial score (nSPS) is 14.3. The van der Waals surface area contributed by atoms with Crippen LogP contribution in [0, 0.1) is 13.8 Å². The maximum Gasteiger partial charge on any atom is 0.173 e. The van der Waals surface area contributed by atoms with Gasteiger partial charge in [-0.15, -0.1) is 0 Å². The number of nitrogens with zero attached hydrogens (tertiary/aromatic N) is 1. The summed E-state index contributed by atoms with van der Waals surface area (Å²) >= 11 is 5.85. The van der Waals surface area contributed by atoms with E-state index in [-0.39, 0.29) is 0 Å². The number of hydrogen-bond donors (Lipinski definition) is 1. The predicted molar refractivity (Wildman–Crippen MR) is 113 cm³/mol. The van der Waals surface area contributed by atoms with Crippen molar-refractivity contribution < 1.29 is 4.74 Å². The number of nitrogens with one attached hydrogen (secondary N) is 1. The van der Waals surface area contributed by atoms with Crippen LogP contribution < -0.4 is 10.1 Å². The summed E-state index contributed by atoms with van der Waals surface area (Å²) in [6.07, 6.45) is 4.95. The first-order valence-electron chi connectivity index (χ1n) is 9.36. The number of ether oxygens (including phenoxy) is 1. The molecule has 1 aliphatic rings. The molecular formula is C22H28N2OS. The third-order valence-corrected chi connectivity index (χ3v) is 5.74. The van der Waals surface area contributed by atoms with Gasteiger partial charge in [0.25, 0.3) is 0 Å². The second kappa shape index (κ2) is 8.54. The van der Waals surface area contributed by atoms with Crippen molar-refractivity contribution in [2.75, 3.05) is 12.4 Å². The van der Waals surface area contributed by atoms with Crippen LogP contribution in [0.25, 0.3) is 0 Å². The maximum absolute atomic E-state index is 5.85. The number of rotatable bonds is 5. The summed E-state index contributed by atoms with van der Waals surface area (Å²) in [5.41, 5.74) is 4.79. The van der Waals surface area contributed by atoms with Gasteiger partial charge in [0, 0.05) is 23.8 Å². The van der Waals surface area contributed by atoms with Gasteiger partial charge in [-0.2, -0.15) is 0 Å². The molecule has 0 saturated heterocycles. The molecular weight excluding hydrogens is 340 g/mol. The van der Waals surface area contributed by atoms with E-state index in [0.717, 1.165) is 23.1 Å². The van der Waals surface area contributed by atoms with Gasteiger partial charge in [-0.25, -0.2) is 0 Å². The molecule has 1 saturated carbocycles. The summed E-state index contributed by atoms with van der Waals surface area (Å²) < 4.78 is 5.55. The van der Waals surface area contributed by atoms with E-state index in [9.17, 15) is 0 Å². The molecule has 4 heteroatoms. The number of para-hydroxylation sites is 1. The molecule has 0 amide bonds. The van der Waals surface area contributed by atoms with Crippen LogP contribution in [0.3, 0.4) is 0 Å². The van der Waals surface area contributed by atoms with Crippen LogP contribution in [0.4, 0.5) is 5.69 Å². The smallest absolute Gasteiger partial charge is 0.173 e. The first kappa shape index (κ1) is 18.7. The summed E-state index contributed by atoms with van der Waals surface area (Å²) in [5, 5.41) is 4.30. The van der Waals surface area contributed by atoms with Crippen LogP contribution in [0.15, 0.2) is 42.5 Å². The molecule has 3 rings (SSSR count). The topological polar surface area (TPSA) is 24.5 Å². The third kappa shape index (κ3) is 4.18. The molecule has 0 atom stereocenters. The third-order valence-electron chi connectivity index (χ3n) is 5.41. The lowest BCUT2D eigenvalue weighted by atomic mass is 10.1. The first-order chi connectivity index (χ1) is 12.6. The fourth-order valence-corrected chi connectivity index (χ4v) is 4.00. The van der Waals surface area contributed by atoms with E-state index in [1.807, 2.05) is 12.1 Å². The molecule has 0 radical (unpaired) electrons. The Balaban J connectivity index is 1.83. The minimum Gasteiger partial charge on any atom is -0.496 e. The number of aryl methyl sites for hydroxylation is 1. The van der Waals surface area contributed by atoms with Crippen LogP contribution >= 0.6 is 12.2 Å². The number of thiocarbonyl (C=S) groups is 1. The first-order valence-corrected chi connectivity index (χ1v) is 9.76. The van der Waals surface area contributed by atoms with Crippen LogP contribution in [0.1, 0.15) is 42.4 Å². The molecule has 3 nitrogen and oxygen atoms in total. The molecule has 0 spiro atoms. The van der Waals surface area contributed by atoms with Gasteiger partial charge < -0.3 is 15.0 Å². The van der Waals surface area contributed by atoms with Crippen molar-refractivity contribution in [3.05, 3.63) is 59.2 Å². The molecule has 0 aromatic heterocycles. The molecule has 0 aliphatic heterocycles. The van der Waals surface area contributed by atoms with Gasteiger partial charge in [0.15, 0.2) is 5.11 Å². The Kier molecular flexibility index (Phi) is 6.15. The highest BCUT2D eigenvalue weighted by Crippen LogP contribution is 2.29. The van der Waals surface area contributed by atoms with E-state index in [1.165, 1.54) is 42.4 Å². The number of hydrogen-bond acceptors (Lipinski definition) is 2. The van der Waals surface area contributed by atoms with E-state index in [0.29, 0.717) is 6.04 Å². The Morgan fingerprint density at radius 2 is 1.85 bits per heavy atom. The average Bonchev–Trinajstić information content (AvgIpc) is 3.18. The monoisotopic (exact) mass is 368 g/mol. The molecule has 0 heterocycles. The SMILES string of the molecule is COc1ccccc1CN(C(=S)Nc1cccc(C)c1C)C1CCCC1. The zero-order chi connectivity index (χ0) is 18.5. The standard InChI is InChI=1S/C22H28N2OS/c1-16-9-8-13-20(17(16)2)23-22(26)24(19-11-5-6-12-19)15-18-10-4-7-14-21(18)25-3/h4,7-10,13-14,19H,5-6,11-12,15H2,1-3H3,(H,23,26). The van der Waals surface area contributed by atoms with Gasteiger partial charge in [0.2, 0.25) is 0 Å². The summed E-state index contributed by atoms with van der Waals surface area (Å²) in [5.74, 6) is 0.921. The molecule has 2 aromatic carbocycles. The molecule has 1 aliphatic carbocycles. The number of benzene rings is 2. The van der Waals surface area contributed by atoms with Crippen molar-refractivity contribution in [1.82, 2.24) is 4.90 Å². The molecule has 0 unspecified atom stereocenters. The molecule has 0 bridgehead atoms. The van der Waals surface area contributed by atoms with Gasteiger partial charge in [0.05, 0.1) is 7.11 Å². The van der Waals surface area contributed by atoms with E-state index < -0.39 is 0 Å². The molecule has 1 fully saturated rings. The molecule has 138 valence electrons. The quantitative estimate of drug-likeness (QED) is 0.709. The zero-order valence-electron chi connectivity index (χ0n) is 15.9. The Bertz CT molecular complexity index is 768. The van der Waals surface area contributed by atoms with Crippen LogP contribution in [0.5, 0.6) is 5.75 Å². The summed E-state index contributed by atoms with van der Waals surface area (Å²) in [6.45, 7) is 5.04. The molecule has 2 aromatic rings. The molecule has 26 heavy (non-hydrogen) atoms. The Hall–Kier alpha value is -2.07. The van der Waals surface area contributed by atoms with Crippen molar-refractivity contribution in [2.45, 2.75) is 52.1 Å². The fraction of sp³-hybridized carbons (Fsp3) is 0.409. The van der Waals surface area contributed by atoms with Crippen molar-refractivity contribution in [3.8, 4) is 5.75 Å². The van der Waals surface area contributed by atoms with E-state index in [1.54, 1.807) is 7.11 Å². The van der Waals surface area contributed by atoms with Gasteiger partial charge in [-0.1, -0.05) is 43.2 Å². The van der Waals surface area contributed by atoms with Crippen LogP contribution in [0.2, 0.25) is 0 Å². The Morgan fingerprint density at radius 3 is 2.58 bits per heavy atom. The highest BCUT2D eigenvalue weighted by molar-refractivity contribution is 7.80. The van der Waals surface area contributed by atoms with Gasteiger partial charge in [-0.3, -0.25) is 0 Å². The fourth-order valence-electron chi connectivity index (χ4n) is 3.67. The maximum atomic E-state index is 5.85. The lowest BCUT2D eigenvalue weighted by Gasteiger charge is -2.32. The minimum absolute atomic E-state index is 0.491. The lowest BCUT2D eigenvalue weighted by molar-refractivity contribution is 0.305. The predicted octanol–water partition coefficient (Wildman–Crippen LogP) is 5.45. The second-order valence-corrected chi connectivity index (χ2v) is 7.44. The van der Waals surface area contributed by atoms with Crippen molar-refractivity contribution >= 4 is 23.0 Å². The Labute approximate surface area is 162 Å². The van der Waals surface area contributed by atoms with Crippen LogP contribution in [-0.2, 0) is 6.54 Å². The van der Waals surface area contributed by atoms with Gasteiger partial charge >= 0.3 is 0 Å². The van der Waals surface area contributed by atoms with Crippen molar-refractivity contribution in [2.24, 2.45) is 0 Å². The largest absolute Gasteiger partial charge is 0.496 e. The van der Waals surface area contributed by atoms with Crippen molar-refractivity contribution in [1.29, 1.82) is 0 Å². The van der Waals surface area contributed by atoms with E-state index >= 15 is 0 Å². The summed E-state index contributed by atoms with van der Waals surface area (Å²) in [6, 6.07) is 15.0. The van der Waals surface area contributed by atoms with Gasteiger partial charge in [-0.05, 0) is 62.2 Å². The minimum atomic E-state index is 0.491. The van der Waals surface area contributed by atoms with Gasteiger partial charge in [0.1, 0.15) is 5.75 Å². The van der Waals surface area contributed by atoms with E-state index in [2.05, 4.69) is 54.4 Å². The zero-order valence-corrected chi connectivity index (χ0v) is 16.7. The molecule has 1 N–H and O–H groups in total. The highest BCUT2D eigenvalue weighted by atomic mass is 32.1. The summed E-state index contributed by atoms with van der Waals surface area (Å²) in [7, 11) is 1.73. The number of anilines is 1. The highest BCUT2D eigenvalue weighted by Gasteiger charge is 2.26. The number of methoxy groups -OCH3 is 1. The second-order valence-electron chi connectivity index (χ2n) is 7.06. The Morgan fingerprint density at radius 1 is 1.12 bits per heavy atom. The van der Waals surface area contributed by atoms with E-state index in [4.69, 9.17) is 17.0 Å². The average molecular weight is 369 g/mol. The van der Waals surface area contributed by atoms with Crippen LogP contribution in [-0.4, -0.2) is 23.2 Å². The lowest BCUT2D eigenvalue weighted by Crippen LogP contribution is -2.41. The van der Waals surface area contributed by atoms with Crippen molar-refractivity contribution in [3.63, 3.8) is 0 Å².